The molecule has 0 spiro atoms. The first-order chi connectivity index (χ1) is 10.0. The molecule has 2 aromatic rings. The smallest absolute Gasteiger partial charge is 0.166 e. The van der Waals surface area contributed by atoms with Crippen molar-refractivity contribution in [1.29, 1.82) is 0 Å². The molecule has 0 N–H and O–H groups in total. The first kappa shape index (κ1) is 12.2. The molecular formula is C13H14N4O3S. The zero-order valence-corrected chi connectivity index (χ0v) is 12.4. The maximum atomic E-state index is 6.14. The first-order valence-corrected chi connectivity index (χ1v) is 7.37. The van der Waals surface area contributed by atoms with E-state index in [1.807, 2.05) is 23.0 Å². The van der Waals surface area contributed by atoms with Crippen LogP contribution in [0.4, 0.5) is 0 Å². The largest absolute Gasteiger partial charge is 0.347 e. The van der Waals surface area contributed by atoms with Gasteiger partial charge in [-0.15, -0.1) is 0 Å². The van der Waals surface area contributed by atoms with Crippen molar-refractivity contribution < 1.29 is 14.2 Å². The zero-order valence-electron chi connectivity index (χ0n) is 11.6. The van der Waals surface area contributed by atoms with Gasteiger partial charge in [0.1, 0.15) is 29.5 Å². The van der Waals surface area contributed by atoms with Gasteiger partial charge in [-0.2, -0.15) is 0 Å². The molecule has 21 heavy (non-hydrogen) atoms. The molecule has 0 amide bonds. The van der Waals surface area contributed by atoms with E-state index in [2.05, 4.69) is 9.97 Å². The molecule has 8 heteroatoms. The number of rotatable bonds is 0. The molecule has 0 saturated carbocycles. The second-order valence-corrected chi connectivity index (χ2v) is 6.54. The Morgan fingerprint density at radius 2 is 2.05 bits per heavy atom. The molecule has 0 aromatic carbocycles. The predicted octanol–water partition coefficient (Wildman–Crippen LogP) is 1.39. The lowest BCUT2D eigenvalue weighted by molar-refractivity contribution is -0.196. The summed E-state index contributed by atoms with van der Waals surface area (Å²) in [6.45, 7) is 4.52. The summed E-state index contributed by atoms with van der Waals surface area (Å²) in [5.74, 6) is -0.585. The van der Waals surface area contributed by atoms with Crippen LogP contribution >= 0.6 is 12.2 Å². The van der Waals surface area contributed by atoms with Crippen molar-refractivity contribution in [3.63, 3.8) is 0 Å². The van der Waals surface area contributed by atoms with Gasteiger partial charge in [0.25, 0.3) is 0 Å². The van der Waals surface area contributed by atoms with Crippen LogP contribution in [0.1, 0.15) is 20.1 Å². The standard InChI is InChI=1S/C13H14N4O3S/c1-13(2)19-8-6-3-16-4-15-10(21)7-11(16)17(5-14-7)12(18-6)9(8)20-13/h4-6,8-9,12H,3H2,1-2H3. The SMILES string of the molecule is CC1(C)OC2C3Cn4cnc(=S)c5ncn(c54)C(O3)C2O1. The van der Waals surface area contributed by atoms with Gasteiger partial charge in [-0.3, -0.25) is 4.57 Å². The molecule has 0 radical (unpaired) electrons. The van der Waals surface area contributed by atoms with Gasteiger partial charge >= 0.3 is 0 Å². The summed E-state index contributed by atoms with van der Waals surface area (Å²) in [4.78, 5) is 8.64. The number of nitrogens with zero attached hydrogens (tertiary/aromatic N) is 4. The Bertz CT molecular complexity index is 813. The van der Waals surface area contributed by atoms with E-state index >= 15 is 0 Å². The van der Waals surface area contributed by atoms with E-state index in [4.69, 9.17) is 26.4 Å². The maximum absolute atomic E-state index is 6.14. The van der Waals surface area contributed by atoms with Gasteiger partial charge in [0.15, 0.2) is 16.7 Å². The Balaban J connectivity index is 1.74. The van der Waals surface area contributed by atoms with Gasteiger partial charge < -0.3 is 18.8 Å². The fraction of sp³-hybridized carbons (Fsp3) is 0.615. The van der Waals surface area contributed by atoms with E-state index in [1.54, 1.807) is 12.7 Å². The minimum Gasteiger partial charge on any atom is -0.347 e. The van der Waals surface area contributed by atoms with Crippen LogP contribution in [0.3, 0.4) is 0 Å². The molecule has 3 aliphatic heterocycles. The minimum absolute atomic E-state index is 0.0624. The fourth-order valence-electron chi connectivity index (χ4n) is 3.57. The molecule has 0 aliphatic carbocycles. The molecule has 3 aliphatic rings. The Hall–Kier alpha value is -1.35. The van der Waals surface area contributed by atoms with Crippen LogP contribution in [0.15, 0.2) is 12.7 Å². The second-order valence-electron chi connectivity index (χ2n) is 6.16. The highest BCUT2D eigenvalue weighted by atomic mass is 32.1. The van der Waals surface area contributed by atoms with Crippen LogP contribution in [0, 0.1) is 4.64 Å². The van der Waals surface area contributed by atoms with Crippen LogP contribution in [0.5, 0.6) is 0 Å². The molecule has 7 nitrogen and oxygen atoms in total. The highest BCUT2D eigenvalue weighted by Crippen LogP contribution is 2.45. The van der Waals surface area contributed by atoms with Crippen molar-refractivity contribution in [3.05, 3.63) is 17.3 Å². The average Bonchev–Trinajstić information content (AvgIpc) is 3.02. The van der Waals surface area contributed by atoms with E-state index < -0.39 is 5.79 Å². The van der Waals surface area contributed by atoms with Crippen LogP contribution < -0.4 is 0 Å². The normalized spacial score (nSPS) is 35.9. The van der Waals surface area contributed by atoms with Gasteiger partial charge in [0.2, 0.25) is 0 Å². The van der Waals surface area contributed by atoms with Crippen molar-refractivity contribution in [2.24, 2.45) is 0 Å². The van der Waals surface area contributed by atoms with Crippen molar-refractivity contribution in [2.75, 3.05) is 0 Å². The molecule has 2 bridgehead atoms. The molecule has 5 heterocycles. The van der Waals surface area contributed by atoms with Crippen molar-refractivity contribution in [1.82, 2.24) is 19.1 Å². The Morgan fingerprint density at radius 3 is 2.90 bits per heavy atom. The highest BCUT2D eigenvalue weighted by Gasteiger charge is 2.57. The minimum atomic E-state index is -0.585. The summed E-state index contributed by atoms with van der Waals surface area (Å²) in [5, 5.41) is 0. The van der Waals surface area contributed by atoms with E-state index in [0.717, 1.165) is 11.2 Å². The summed E-state index contributed by atoms with van der Waals surface area (Å²) in [6.07, 6.45) is 3.00. The molecular weight excluding hydrogens is 292 g/mol. The van der Waals surface area contributed by atoms with Crippen LogP contribution in [0.25, 0.3) is 11.2 Å². The number of hydrogen-bond acceptors (Lipinski definition) is 6. The lowest BCUT2D eigenvalue weighted by atomic mass is 10.1. The third kappa shape index (κ3) is 1.50. The molecule has 2 aromatic heterocycles. The molecule has 110 valence electrons. The lowest BCUT2D eigenvalue weighted by Gasteiger charge is -2.22. The number of imidazole rings is 1. The lowest BCUT2D eigenvalue weighted by Crippen LogP contribution is -2.33. The summed E-state index contributed by atoms with van der Waals surface area (Å²) >= 11 is 5.26. The van der Waals surface area contributed by atoms with Crippen molar-refractivity contribution in [2.45, 2.75) is 50.7 Å². The van der Waals surface area contributed by atoms with E-state index in [0.29, 0.717) is 11.2 Å². The van der Waals surface area contributed by atoms with E-state index in [1.165, 1.54) is 0 Å². The summed E-state index contributed by atoms with van der Waals surface area (Å²) in [6, 6.07) is 0. The summed E-state index contributed by atoms with van der Waals surface area (Å²) in [7, 11) is 0. The maximum Gasteiger partial charge on any atom is 0.166 e. The van der Waals surface area contributed by atoms with Gasteiger partial charge in [-0.05, 0) is 13.8 Å². The fourth-order valence-corrected chi connectivity index (χ4v) is 3.76. The predicted molar refractivity (Wildman–Crippen MR) is 74.1 cm³/mol. The first-order valence-electron chi connectivity index (χ1n) is 6.97. The third-order valence-electron chi connectivity index (χ3n) is 4.33. The average molecular weight is 306 g/mol. The van der Waals surface area contributed by atoms with E-state index in [9.17, 15) is 0 Å². The third-order valence-corrected chi connectivity index (χ3v) is 4.63. The van der Waals surface area contributed by atoms with Gasteiger partial charge in [0.05, 0.1) is 19.2 Å². The molecule has 4 atom stereocenters. The van der Waals surface area contributed by atoms with Gasteiger partial charge in [-0.1, -0.05) is 12.2 Å². The zero-order chi connectivity index (χ0) is 14.4. The molecule has 2 fully saturated rings. The topological polar surface area (TPSA) is 63.3 Å². The van der Waals surface area contributed by atoms with Crippen LogP contribution in [-0.4, -0.2) is 43.2 Å². The monoisotopic (exact) mass is 306 g/mol. The van der Waals surface area contributed by atoms with E-state index in [-0.39, 0.29) is 24.5 Å². The second kappa shape index (κ2) is 3.70. The molecule has 5 rings (SSSR count). The van der Waals surface area contributed by atoms with Crippen LogP contribution in [-0.2, 0) is 20.8 Å². The highest BCUT2D eigenvalue weighted by molar-refractivity contribution is 7.71. The summed E-state index contributed by atoms with van der Waals surface area (Å²) < 4.78 is 22.7. The van der Waals surface area contributed by atoms with Crippen LogP contribution in [0.2, 0.25) is 0 Å². The molecule has 2 saturated heterocycles. The van der Waals surface area contributed by atoms with Gasteiger partial charge in [-0.25, -0.2) is 9.97 Å². The Kier molecular flexibility index (Phi) is 2.15. The molecule has 4 unspecified atom stereocenters. The van der Waals surface area contributed by atoms with Crippen molar-refractivity contribution in [3.8, 4) is 0 Å². The van der Waals surface area contributed by atoms with Gasteiger partial charge in [0, 0.05) is 0 Å². The Morgan fingerprint density at radius 1 is 1.24 bits per heavy atom. The number of hydrogen-bond donors (Lipinski definition) is 0. The number of fused-ring (bicyclic) bond motifs is 6. The summed E-state index contributed by atoms with van der Waals surface area (Å²) in [5.41, 5.74) is 1.67. The van der Waals surface area contributed by atoms with Crippen molar-refractivity contribution >= 4 is 23.4 Å². The Labute approximate surface area is 125 Å². The quantitative estimate of drug-likeness (QED) is 0.686. The number of ether oxygens (including phenoxy) is 3. The number of aromatic nitrogens is 4.